The molecule has 2 N–H and O–H groups in total. The fraction of sp³-hybridized carbons (Fsp3) is 0.111. The van der Waals surface area contributed by atoms with E-state index in [9.17, 15) is 9.59 Å². The number of aryl methyl sites for hydroxylation is 1. The maximum Gasteiger partial charge on any atom is 0.267 e. The molecule has 5 rings (SSSR count). The van der Waals surface area contributed by atoms with Crippen molar-refractivity contribution in [2.24, 2.45) is 0 Å². The summed E-state index contributed by atoms with van der Waals surface area (Å²) >= 11 is 6.41. The van der Waals surface area contributed by atoms with Crippen LogP contribution < -0.4 is 16.4 Å². The summed E-state index contributed by atoms with van der Waals surface area (Å²) in [6.07, 6.45) is 1.65. The summed E-state index contributed by atoms with van der Waals surface area (Å²) in [5.41, 5.74) is 3.07. The normalized spacial score (nSPS) is 11.1. The molecule has 0 radical (unpaired) electrons. The van der Waals surface area contributed by atoms with Crippen molar-refractivity contribution in [1.29, 1.82) is 5.41 Å². The molecule has 3 heterocycles. The lowest BCUT2D eigenvalue weighted by Crippen LogP contribution is -2.35. The van der Waals surface area contributed by atoms with Crippen LogP contribution in [0.2, 0.25) is 5.02 Å². The van der Waals surface area contributed by atoms with Crippen LogP contribution >= 0.6 is 11.6 Å². The molecule has 0 spiro atoms. The summed E-state index contributed by atoms with van der Waals surface area (Å²) < 4.78 is 3.04. The molecule has 2 aromatic carbocycles. The molecule has 0 aliphatic carbocycles. The molecule has 0 bridgehead atoms. The molecule has 1 amide bonds. The van der Waals surface area contributed by atoms with Gasteiger partial charge >= 0.3 is 0 Å². The monoisotopic (exact) mass is 483 g/mol. The van der Waals surface area contributed by atoms with E-state index in [1.54, 1.807) is 22.9 Å². The van der Waals surface area contributed by atoms with Crippen LogP contribution in [0.1, 0.15) is 27.0 Å². The number of benzene rings is 2. The van der Waals surface area contributed by atoms with Gasteiger partial charge in [-0.15, -0.1) is 0 Å². The molecular weight excluding hydrogens is 462 g/mol. The number of hydrogen-bond acceptors (Lipinski definition) is 4. The Morgan fingerprint density at radius 1 is 1.03 bits per heavy atom. The lowest BCUT2D eigenvalue weighted by molar-refractivity contribution is 0.0948. The van der Waals surface area contributed by atoms with Crippen molar-refractivity contribution < 1.29 is 4.79 Å². The van der Waals surface area contributed by atoms with E-state index in [4.69, 9.17) is 22.0 Å². The Labute approximate surface area is 205 Å². The number of carbonyl (C=O) groups excluding carboxylic acids is 1. The number of aromatic nitrogens is 3. The number of hydrogen-bond donors (Lipinski definition) is 2. The summed E-state index contributed by atoms with van der Waals surface area (Å²) in [6.45, 7) is 2.36. The summed E-state index contributed by atoms with van der Waals surface area (Å²) in [5, 5.41) is 12.5. The Morgan fingerprint density at radius 2 is 1.77 bits per heavy atom. The molecule has 0 unspecified atom stereocenters. The summed E-state index contributed by atoms with van der Waals surface area (Å²) in [6, 6.07) is 21.9. The first kappa shape index (κ1) is 22.6. The first-order valence-corrected chi connectivity index (χ1v) is 11.5. The highest BCUT2D eigenvalue weighted by Crippen LogP contribution is 2.19. The van der Waals surface area contributed by atoms with Crippen LogP contribution in [0.4, 0.5) is 0 Å². The number of nitrogens with one attached hydrogen (secondary N) is 2. The molecule has 0 aliphatic rings. The number of nitrogens with zero attached hydrogens (tertiary/aromatic N) is 3. The predicted octanol–water partition coefficient (Wildman–Crippen LogP) is 4.07. The fourth-order valence-corrected chi connectivity index (χ4v) is 4.29. The zero-order valence-electron chi connectivity index (χ0n) is 19.0. The highest BCUT2D eigenvalue weighted by Gasteiger charge is 2.18. The zero-order valence-corrected chi connectivity index (χ0v) is 19.7. The number of rotatable bonds is 5. The standard InChI is InChI=1S/C27H22ClN5O2/c1-17-8-7-13-32-24(17)31-25-21(27(32)35)14-20(26(34)30-15-18-9-3-2-4-10-18)23(29)33(25)16-19-11-5-6-12-22(19)28/h2-14,29H,15-16H2,1H3,(H,30,34). The summed E-state index contributed by atoms with van der Waals surface area (Å²) in [4.78, 5) is 31.4. The van der Waals surface area contributed by atoms with Gasteiger partial charge in [-0.2, -0.15) is 0 Å². The second-order valence-electron chi connectivity index (χ2n) is 8.29. The van der Waals surface area contributed by atoms with Crippen molar-refractivity contribution in [3.63, 3.8) is 0 Å². The largest absolute Gasteiger partial charge is 0.348 e. The number of carbonyl (C=O) groups is 1. The summed E-state index contributed by atoms with van der Waals surface area (Å²) in [5.74, 6) is -0.442. The maximum absolute atomic E-state index is 13.5. The van der Waals surface area contributed by atoms with Crippen molar-refractivity contribution in [2.45, 2.75) is 20.0 Å². The Morgan fingerprint density at radius 3 is 2.54 bits per heavy atom. The van der Waals surface area contributed by atoms with E-state index >= 15 is 0 Å². The van der Waals surface area contributed by atoms with Crippen LogP contribution in [0.15, 0.2) is 83.8 Å². The molecule has 0 atom stereocenters. The second kappa shape index (κ2) is 9.19. The van der Waals surface area contributed by atoms with E-state index in [2.05, 4.69) is 5.32 Å². The number of amides is 1. The van der Waals surface area contributed by atoms with Gasteiger partial charge in [-0.3, -0.25) is 19.4 Å². The minimum atomic E-state index is -0.442. The van der Waals surface area contributed by atoms with Gasteiger partial charge in [0.15, 0.2) is 0 Å². The number of halogens is 1. The third-order valence-corrected chi connectivity index (χ3v) is 6.33. The second-order valence-corrected chi connectivity index (χ2v) is 8.70. The van der Waals surface area contributed by atoms with Crippen LogP contribution in [0.25, 0.3) is 16.7 Å². The topological polar surface area (TPSA) is 92.3 Å². The van der Waals surface area contributed by atoms with Crippen molar-refractivity contribution in [1.82, 2.24) is 19.3 Å². The fourth-order valence-electron chi connectivity index (χ4n) is 4.09. The van der Waals surface area contributed by atoms with Crippen LogP contribution in [-0.2, 0) is 13.1 Å². The van der Waals surface area contributed by atoms with Crippen LogP contribution in [-0.4, -0.2) is 19.9 Å². The quantitative estimate of drug-likeness (QED) is 0.369. The van der Waals surface area contributed by atoms with Gasteiger partial charge in [0.2, 0.25) is 0 Å². The number of pyridine rings is 2. The molecule has 0 saturated carbocycles. The first-order chi connectivity index (χ1) is 16.9. The van der Waals surface area contributed by atoms with E-state index in [0.29, 0.717) is 22.9 Å². The Kier molecular flexibility index (Phi) is 5.93. The van der Waals surface area contributed by atoms with E-state index in [-0.39, 0.29) is 28.5 Å². The smallest absolute Gasteiger partial charge is 0.267 e. The molecule has 0 fully saturated rings. The van der Waals surface area contributed by atoms with Gasteiger partial charge in [-0.1, -0.05) is 66.2 Å². The molecule has 7 nitrogen and oxygen atoms in total. The molecule has 8 heteroatoms. The van der Waals surface area contributed by atoms with E-state index in [1.807, 2.05) is 61.5 Å². The zero-order chi connectivity index (χ0) is 24.5. The molecule has 174 valence electrons. The molecule has 3 aromatic heterocycles. The van der Waals surface area contributed by atoms with Gasteiger partial charge in [0.25, 0.3) is 11.5 Å². The SMILES string of the molecule is Cc1cccn2c(=O)c3cc(C(=O)NCc4ccccc4)c(=N)n(Cc4ccccc4Cl)c3nc12. The van der Waals surface area contributed by atoms with Crippen LogP contribution in [0.5, 0.6) is 0 Å². The Hall–Kier alpha value is -4.23. The average Bonchev–Trinajstić information content (AvgIpc) is 2.87. The first-order valence-electron chi connectivity index (χ1n) is 11.1. The Balaban J connectivity index is 1.71. The van der Waals surface area contributed by atoms with Gasteiger partial charge in [0.05, 0.1) is 17.5 Å². The molecule has 35 heavy (non-hydrogen) atoms. The van der Waals surface area contributed by atoms with Crippen LogP contribution in [0.3, 0.4) is 0 Å². The molecular formula is C27H22ClN5O2. The Bertz CT molecular complexity index is 1710. The van der Waals surface area contributed by atoms with E-state index in [1.165, 1.54) is 10.5 Å². The average molecular weight is 484 g/mol. The van der Waals surface area contributed by atoms with Gasteiger partial charge < -0.3 is 9.88 Å². The van der Waals surface area contributed by atoms with Gasteiger partial charge in [-0.05, 0) is 41.8 Å². The molecule has 0 saturated heterocycles. The van der Waals surface area contributed by atoms with Crippen molar-refractivity contribution in [2.75, 3.05) is 0 Å². The lowest BCUT2D eigenvalue weighted by Gasteiger charge is -2.16. The van der Waals surface area contributed by atoms with Gasteiger partial charge in [0, 0.05) is 17.8 Å². The maximum atomic E-state index is 13.5. The van der Waals surface area contributed by atoms with E-state index in [0.717, 1.165) is 16.7 Å². The molecule has 0 aliphatic heterocycles. The highest BCUT2D eigenvalue weighted by atomic mass is 35.5. The van der Waals surface area contributed by atoms with Crippen LogP contribution in [0, 0.1) is 12.3 Å². The lowest BCUT2D eigenvalue weighted by atomic mass is 10.1. The minimum absolute atomic E-state index is 0.0483. The van der Waals surface area contributed by atoms with Gasteiger partial charge in [0.1, 0.15) is 16.8 Å². The third-order valence-electron chi connectivity index (χ3n) is 5.96. The summed E-state index contributed by atoms with van der Waals surface area (Å²) in [7, 11) is 0. The van der Waals surface area contributed by atoms with E-state index < -0.39 is 5.91 Å². The van der Waals surface area contributed by atoms with Gasteiger partial charge in [-0.25, -0.2) is 4.98 Å². The van der Waals surface area contributed by atoms with Crippen molar-refractivity contribution >= 4 is 34.2 Å². The van der Waals surface area contributed by atoms with Crippen molar-refractivity contribution in [3.8, 4) is 0 Å². The number of fused-ring (bicyclic) bond motifs is 2. The minimum Gasteiger partial charge on any atom is -0.348 e. The highest BCUT2D eigenvalue weighted by molar-refractivity contribution is 6.31. The van der Waals surface area contributed by atoms with Crippen molar-refractivity contribution in [3.05, 3.63) is 122 Å². The third kappa shape index (κ3) is 4.22. The molecule has 5 aromatic rings. The predicted molar refractivity (Wildman–Crippen MR) is 136 cm³/mol.